The lowest BCUT2D eigenvalue weighted by atomic mass is 10.3. The molecular weight excluding hydrogens is 368 g/mol. The van der Waals surface area contributed by atoms with E-state index in [0.29, 0.717) is 19.5 Å². The van der Waals surface area contributed by atoms with E-state index in [1.54, 1.807) is 9.13 Å². The van der Waals surface area contributed by atoms with Crippen molar-refractivity contribution in [2.45, 2.75) is 39.4 Å². The van der Waals surface area contributed by atoms with Crippen LogP contribution in [0.15, 0.2) is 58.5 Å². The number of imidazole rings is 2. The van der Waals surface area contributed by atoms with Crippen LogP contribution in [0.2, 0.25) is 0 Å². The third-order valence-corrected chi connectivity index (χ3v) is 5.14. The molecule has 4 rings (SSSR count). The average molecular weight is 392 g/mol. The summed E-state index contributed by atoms with van der Waals surface area (Å²) < 4.78 is 5.59. The maximum atomic E-state index is 13.2. The Kier molecular flexibility index (Phi) is 4.84. The summed E-state index contributed by atoms with van der Waals surface area (Å²) in [5.74, 6) is 0.910. The van der Waals surface area contributed by atoms with Gasteiger partial charge in [0.05, 0.1) is 28.6 Å². The van der Waals surface area contributed by atoms with Crippen LogP contribution in [0.3, 0.4) is 0 Å². The van der Waals surface area contributed by atoms with Gasteiger partial charge in [-0.2, -0.15) is 0 Å². The summed E-state index contributed by atoms with van der Waals surface area (Å²) in [7, 11) is 0. The van der Waals surface area contributed by atoms with Crippen molar-refractivity contribution in [2.24, 2.45) is 10.9 Å². The van der Waals surface area contributed by atoms with Crippen LogP contribution in [0.25, 0.3) is 22.1 Å². The lowest BCUT2D eigenvalue weighted by Crippen LogP contribution is -2.27. The summed E-state index contributed by atoms with van der Waals surface area (Å²) in [6.07, 6.45) is 0.381. The van der Waals surface area contributed by atoms with Crippen molar-refractivity contribution in [3.63, 3.8) is 0 Å². The lowest BCUT2D eigenvalue weighted by molar-refractivity contribution is 0.316. The number of nitrogens with two attached hydrogens (primary N) is 1. The highest BCUT2D eigenvalue weighted by molar-refractivity contribution is 5.80. The van der Waals surface area contributed by atoms with E-state index in [0.717, 1.165) is 27.9 Å². The van der Waals surface area contributed by atoms with Gasteiger partial charge in [0.1, 0.15) is 11.7 Å². The molecule has 0 amide bonds. The Morgan fingerprint density at radius 2 is 1.72 bits per heavy atom. The van der Waals surface area contributed by atoms with Crippen LogP contribution in [0.1, 0.15) is 32.1 Å². The molecule has 0 aliphatic carbocycles. The molecule has 0 bridgehead atoms. The van der Waals surface area contributed by atoms with Gasteiger partial charge in [0.15, 0.2) is 0 Å². The summed E-state index contributed by atoms with van der Waals surface area (Å²) in [6, 6.07) is 15.7. The van der Waals surface area contributed by atoms with E-state index in [2.05, 4.69) is 5.16 Å². The Balaban J connectivity index is 1.85. The molecule has 0 radical (unpaired) electrons. The zero-order valence-electron chi connectivity index (χ0n) is 16.5. The highest BCUT2D eigenvalue weighted by atomic mass is 16.4. The number of nitrogens with zero attached hydrogens (tertiary/aromatic N) is 5. The topological polar surface area (TPSA) is 103 Å². The summed E-state index contributed by atoms with van der Waals surface area (Å²) in [6.45, 7) is 4.85. The first-order valence-electron chi connectivity index (χ1n) is 9.61. The van der Waals surface area contributed by atoms with Crippen LogP contribution in [0.5, 0.6) is 0 Å². The molecule has 29 heavy (non-hydrogen) atoms. The third-order valence-electron chi connectivity index (χ3n) is 5.14. The van der Waals surface area contributed by atoms with Crippen LogP contribution < -0.4 is 11.4 Å². The summed E-state index contributed by atoms with van der Waals surface area (Å²) in [5.41, 5.74) is 9.21. The quantitative estimate of drug-likeness (QED) is 0.228. The number of hydrogen-bond acceptors (Lipinski definition) is 4. The molecule has 0 aliphatic rings. The van der Waals surface area contributed by atoms with E-state index in [9.17, 15) is 4.79 Å². The number of aryl methyl sites for hydroxylation is 1. The molecule has 8 heteroatoms. The van der Waals surface area contributed by atoms with Gasteiger partial charge in [-0.15, -0.1) is 0 Å². The minimum atomic E-state index is -0.0590. The van der Waals surface area contributed by atoms with Crippen LogP contribution in [0, 0.1) is 0 Å². The molecule has 0 atom stereocenters. The van der Waals surface area contributed by atoms with Crippen molar-refractivity contribution >= 4 is 27.9 Å². The fourth-order valence-electron chi connectivity index (χ4n) is 3.80. The molecule has 0 spiro atoms. The number of hydrogen-bond donors (Lipinski definition) is 2. The van der Waals surface area contributed by atoms with Crippen molar-refractivity contribution in [3.8, 4) is 0 Å². The second kappa shape index (κ2) is 7.46. The summed E-state index contributed by atoms with van der Waals surface area (Å²) in [4.78, 5) is 18.0. The van der Waals surface area contributed by atoms with Crippen LogP contribution in [-0.2, 0) is 13.1 Å². The first-order valence-corrected chi connectivity index (χ1v) is 9.61. The SMILES string of the molecule is CC(C)n1c(=O)n(Cc2nc3ccccc3n2CCC(N)=NO)c2ccccc21. The molecular formula is C21H24N6O2. The molecule has 0 saturated heterocycles. The van der Waals surface area contributed by atoms with E-state index in [1.165, 1.54) is 0 Å². The Morgan fingerprint density at radius 3 is 2.41 bits per heavy atom. The van der Waals surface area contributed by atoms with Crippen molar-refractivity contribution in [1.82, 2.24) is 18.7 Å². The van der Waals surface area contributed by atoms with Crippen LogP contribution in [0.4, 0.5) is 0 Å². The molecule has 3 N–H and O–H groups in total. The van der Waals surface area contributed by atoms with Gasteiger partial charge >= 0.3 is 5.69 Å². The minimum Gasteiger partial charge on any atom is -0.409 e. The smallest absolute Gasteiger partial charge is 0.329 e. The Morgan fingerprint density at radius 1 is 1.07 bits per heavy atom. The van der Waals surface area contributed by atoms with E-state index < -0.39 is 0 Å². The van der Waals surface area contributed by atoms with Gasteiger partial charge in [0.25, 0.3) is 0 Å². The van der Waals surface area contributed by atoms with Crippen molar-refractivity contribution in [1.29, 1.82) is 0 Å². The van der Waals surface area contributed by atoms with Crippen molar-refractivity contribution < 1.29 is 5.21 Å². The Hall–Kier alpha value is -3.55. The fraction of sp³-hybridized carbons (Fsp3) is 0.286. The molecule has 0 aliphatic heterocycles. The fourth-order valence-corrected chi connectivity index (χ4v) is 3.80. The number of fused-ring (bicyclic) bond motifs is 2. The van der Waals surface area contributed by atoms with Crippen LogP contribution in [-0.4, -0.2) is 29.7 Å². The van der Waals surface area contributed by atoms with Crippen LogP contribution >= 0.6 is 0 Å². The predicted octanol–water partition coefficient (Wildman–Crippen LogP) is 2.92. The van der Waals surface area contributed by atoms with E-state index in [1.807, 2.05) is 66.9 Å². The van der Waals surface area contributed by atoms with Gasteiger partial charge in [0.2, 0.25) is 0 Å². The number of para-hydroxylation sites is 4. The predicted molar refractivity (Wildman–Crippen MR) is 113 cm³/mol. The molecule has 150 valence electrons. The van der Waals surface area contributed by atoms with E-state index in [-0.39, 0.29) is 17.6 Å². The largest absolute Gasteiger partial charge is 0.409 e. The third kappa shape index (κ3) is 3.26. The molecule has 2 heterocycles. The highest BCUT2D eigenvalue weighted by Gasteiger charge is 2.18. The number of oxime groups is 1. The van der Waals surface area contributed by atoms with Gasteiger partial charge in [0, 0.05) is 19.0 Å². The van der Waals surface area contributed by atoms with Gasteiger partial charge in [-0.1, -0.05) is 29.4 Å². The molecule has 4 aromatic rings. The van der Waals surface area contributed by atoms with Gasteiger partial charge in [-0.25, -0.2) is 9.78 Å². The van der Waals surface area contributed by atoms with Crippen molar-refractivity contribution in [2.75, 3.05) is 0 Å². The molecule has 2 aromatic carbocycles. The second-order valence-corrected chi connectivity index (χ2v) is 7.33. The molecule has 8 nitrogen and oxygen atoms in total. The maximum absolute atomic E-state index is 13.2. The standard InChI is InChI=1S/C21H24N6O2/c1-14(2)27-18-10-6-5-9-17(18)26(21(27)28)13-20-23-15-7-3-4-8-16(15)25(20)12-11-19(22)24-29/h3-10,14,29H,11-13H2,1-2H3,(H2,22,24). The van der Waals surface area contributed by atoms with E-state index in [4.69, 9.17) is 15.9 Å². The monoisotopic (exact) mass is 392 g/mol. The Bertz CT molecular complexity index is 1260. The van der Waals surface area contributed by atoms with Crippen molar-refractivity contribution in [3.05, 3.63) is 64.8 Å². The highest BCUT2D eigenvalue weighted by Crippen LogP contribution is 2.21. The first kappa shape index (κ1) is 18.8. The second-order valence-electron chi connectivity index (χ2n) is 7.33. The maximum Gasteiger partial charge on any atom is 0.329 e. The minimum absolute atomic E-state index is 0.0491. The summed E-state index contributed by atoms with van der Waals surface area (Å²) in [5, 5.41) is 11.9. The number of amidine groups is 1. The lowest BCUT2D eigenvalue weighted by Gasteiger charge is -2.10. The Labute approximate surface area is 167 Å². The number of aromatic nitrogens is 4. The molecule has 2 aromatic heterocycles. The molecule has 0 saturated carbocycles. The van der Waals surface area contributed by atoms with E-state index >= 15 is 0 Å². The molecule has 0 fully saturated rings. The van der Waals surface area contributed by atoms with Gasteiger partial charge in [-0.3, -0.25) is 9.13 Å². The number of benzene rings is 2. The first-order chi connectivity index (χ1) is 14.0. The average Bonchev–Trinajstić information content (AvgIpc) is 3.21. The zero-order valence-corrected chi connectivity index (χ0v) is 16.5. The zero-order chi connectivity index (χ0) is 20.5. The van der Waals surface area contributed by atoms with Gasteiger partial charge < -0.3 is 15.5 Å². The molecule has 0 unspecified atom stereocenters. The summed E-state index contributed by atoms with van der Waals surface area (Å²) >= 11 is 0. The van der Waals surface area contributed by atoms with Gasteiger partial charge in [-0.05, 0) is 38.1 Å². The normalized spacial score (nSPS) is 12.4. The number of rotatable bonds is 6.